The van der Waals surface area contributed by atoms with E-state index < -0.39 is 12.1 Å². The number of nitrogens with one attached hydrogen (secondary N) is 1. The minimum absolute atomic E-state index is 0.176. The molecule has 0 radical (unpaired) electrons. The van der Waals surface area contributed by atoms with E-state index in [1.54, 1.807) is 35.3 Å². The van der Waals surface area contributed by atoms with Gasteiger partial charge in [-0.25, -0.2) is 14.6 Å². The Morgan fingerprint density at radius 1 is 1.45 bits per heavy atom. The molecule has 0 aromatic carbocycles. The molecule has 3 heterocycles. The molecule has 11 heteroatoms. The van der Waals surface area contributed by atoms with Crippen molar-refractivity contribution < 1.29 is 19.1 Å². The second-order valence-electron chi connectivity index (χ2n) is 6.62. The maximum absolute atomic E-state index is 12.6. The second-order valence-corrected chi connectivity index (χ2v) is 7.05. The minimum Gasteiger partial charge on any atom is -0.480 e. The van der Waals surface area contributed by atoms with Crippen molar-refractivity contribution in [2.24, 2.45) is 5.10 Å². The molecule has 1 unspecified atom stereocenters. The lowest BCUT2D eigenvalue weighted by Gasteiger charge is -2.22. The summed E-state index contributed by atoms with van der Waals surface area (Å²) >= 11 is 6.04. The van der Waals surface area contributed by atoms with E-state index in [0.717, 1.165) is 0 Å². The summed E-state index contributed by atoms with van der Waals surface area (Å²) in [6.45, 7) is 4.76. The third-order valence-electron chi connectivity index (χ3n) is 4.59. The Morgan fingerprint density at radius 2 is 2.29 bits per heavy atom. The van der Waals surface area contributed by atoms with Crippen LogP contribution in [-0.2, 0) is 11.3 Å². The fourth-order valence-corrected chi connectivity index (χ4v) is 3.25. The lowest BCUT2D eigenvalue weighted by atomic mass is 10.1. The van der Waals surface area contributed by atoms with Crippen LogP contribution < -0.4 is 10.1 Å². The predicted octanol–water partition coefficient (Wildman–Crippen LogP) is 2.44. The number of methoxy groups -OCH3 is 1. The zero-order chi connectivity index (χ0) is 22.2. The van der Waals surface area contributed by atoms with E-state index in [1.807, 2.05) is 6.08 Å². The quantitative estimate of drug-likeness (QED) is 0.614. The molecule has 3 rings (SSSR count). The number of cyclic esters (lactones) is 1. The molecule has 1 aromatic rings. The monoisotopic (exact) mass is 446 g/mol. The SMILES string of the molecule is C=C/C=C(Cl)\C=C/CC1=NN(C(=O)NCc2ccc(OC)nn2)CC1N1CCOC1=O. The third-order valence-corrected chi connectivity index (χ3v) is 4.84. The molecule has 31 heavy (non-hydrogen) atoms. The Kier molecular flexibility index (Phi) is 7.60. The molecule has 1 aromatic heterocycles. The van der Waals surface area contributed by atoms with E-state index in [0.29, 0.717) is 41.9 Å². The fourth-order valence-electron chi connectivity index (χ4n) is 3.07. The van der Waals surface area contributed by atoms with Crippen molar-refractivity contribution in [3.05, 3.63) is 53.7 Å². The first-order chi connectivity index (χ1) is 15.0. The molecule has 1 atom stereocenters. The molecule has 2 aliphatic heterocycles. The number of hydrazone groups is 1. The smallest absolute Gasteiger partial charge is 0.410 e. The summed E-state index contributed by atoms with van der Waals surface area (Å²) in [5.74, 6) is 0.389. The highest BCUT2D eigenvalue weighted by Crippen LogP contribution is 2.20. The highest BCUT2D eigenvalue weighted by atomic mass is 35.5. The molecule has 1 saturated heterocycles. The molecule has 0 saturated carbocycles. The van der Waals surface area contributed by atoms with E-state index in [2.05, 4.69) is 27.2 Å². The van der Waals surface area contributed by atoms with Crippen LogP contribution in [0.3, 0.4) is 0 Å². The fraction of sp³-hybridized carbons (Fsp3) is 0.350. The van der Waals surface area contributed by atoms with Gasteiger partial charge in [-0.05, 0) is 18.2 Å². The summed E-state index contributed by atoms with van der Waals surface area (Å²) in [5.41, 5.74) is 1.24. The number of hydrogen-bond donors (Lipinski definition) is 1. The Labute approximate surface area is 184 Å². The number of carbonyl (C=O) groups excluding carboxylic acids is 2. The zero-order valence-electron chi connectivity index (χ0n) is 17.0. The van der Waals surface area contributed by atoms with Crippen LogP contribution in [0, 0.1) is 0 Å². The van der Waals surface area contributed by atoms with Crippen molar-refractivity contribution in [1.82, 2.24) is 25.4 Å². The summed E-state index contributed by atoms with van der Waals surface area (Å²) in [6, 6.07) is 2.60. The van der Waals surface area contributed by atoms with E-state index in [-0.39, 0.29) is 19.1 Å². The lowest BCUT2D eigenvalue weighted by molar-refractivity contribution is 0.150. The first kappa shape index (κ1) is 22.3. The summed E-state index contributed by atoms with van der Waals surface area (Å²) in [4.78, 5) is 26.3. The van der Waals surface area contributed by atoms with Crippen molar-refractivity contribution >= 4 is 29.4 Å². The molecule has 0 bridgehead atoms. The van der Waals surface area contributed by atoms with Gasteiger partial charge < -0.3 is 14.8 Å². The van der Waals surface area contributed by atoms with Gasteiger partial charge in [-0.1, -0.05) is 30.3 Å². The van der Waals surface area contributed by atoms with Crippen molar-refractivity contribution in [3.63, 3.8) is 0 Å². The first-order valence-electron chi connectivity index (χ1n) is 9.59. The number of nitrogens with zero attached hydrogens (tertiary/aromatic N) is 5. The summed E-state index contributed by atoms with van der Waals surface area (Å²) in [6.07, 6.45) is 6.79. The molecule has 0 aliphatic carbocycles. The Hall–Kier alpha value is -3.40. The van der Waals surface area contributed by atoms with Gasteiger partial charge in [-0.3, -0.25) is 4.90 Å². The van der Waals surface area contributed by atoms with E-state index in [9.17, 15) is 9.59 Å². The molecule has 2 aliphatic rings. The third kappa shape index (κ3) is 5.82. The topological polar surface area (TPSA) is 109 Å². The van der Waals surface area contributed by atoms with Crippen LogP contribution >= 0.6 is 11.6 Å². The number of amides is 3. The largest absolute Gasteiger partial charge is 0.480 e. The van der Waals surface area contributed by atoms with Gasteiger partial charge in [0.15, 0.2) is 0 Å². The highest BCUT2D eigenvalue weighted by molar-refractivity contribution is 6.31. The molecular formula is C20H23ClN6O4. The minimum atomic E-state index is -0.415. The number of ether oxygens (including phenoxy) is 2. The van der Waals surface area contributed by atoms with Gasteiger partial charge in [0.1, 0.15) is 6.61 Å². The van der Waals surface area contributed by atoms with Crippen molar-refractivity contribution in [2.45, 2.75) is 19.0 Å². The van der Waals surface area contributed by atoms with Crippen LogP contribution in [0.15, 0.2) is 53.1 Å². The molecule has 3 amide bonds. The zero-order valence-corrected chi connectivity index (χ0v) is 17.8. The molecule has 1 fully saturated rings. The van der Waals surface area contributed by atoms with Crippen LogP contribution in [0.2, 0.25) is 0 Å². The number of allylic oxidation sites excluding steroid dienone is 5. The number of urea groups is 1. The normalized spacial score (nSPS) is 18.9. The summed E-state index contributed by atoms with van der Waals surface area (Å²) in [5, 5.41) is 16.8. The van der Waals surface area contributed by atoms with Gasteiger partial charge >= 0.3 is 12.1 Å². The van der Waals surface area contributed by atoms with Gasteiger partial charge in [-0.15, -0.1) is 5.10 Å². The Balaban J connectivity index is 1.66. The maximum Gasteiger partial charge on any atom is 0.410 e. The maximum atomic E-state index is 12.6. The van der Waals surface area contributed by atoms with Crippen LogP contribution in [0.5, 0.6) is 5.88 Å². The van der Waals surface area contributed by atoms with Gasteiger partial charge in [0.2, 0.25) is 5.88 Å². The second kappa shape index (κ2) is 10.6. The Bertz CT molecular complexity index is 915. The number of halogens is 1. The van der Waals surface area contributed by atoms with Gasteiger partial charge in [0.25, 0.3) is 0 Å². The van der Waals surface area contributed by atoms with Crippen molar-refractivity contribution in [2.75, 3.05) is 26.8 Å². The van der Waals surface area contributed by atoms with Crippen LogP contribution in [0.4, 0.5) is 9.59 Å². The van der Waals surface area contributed by atoms with Crippen LogP contribution in [0.25, 0.3) is 0 Å². The van der Waals surface area contributed by atoms with Gasteiger partial charge in [0, 0.05) is 17.5 Å². The molecule has 1 N–H and O–H groups in total. The van der Waals surface area contributed by atoms with Crippen LogP contribution in [-0.4, -0.2) is 70.8 Å². The predicted molar refractivity (Wildman–Crippen MR) is 115 cm³/mol. The average molecular weight is 447 g/mol. The molecule has 164 valence electrons. The van der Waals surface area contributed by atoms with Crippen molar-refractivity contribution in [1.29, 1.82) is 0 Å². The lowest BCUT2D eigenvalue weighted by Crippen LogP contribution is -2.45. The standard InChI is InChI=1S/C20H23ClN6O4/c1-3-5-14(21)6-4-7-16-17(26-10-11-31-20(26)29)13-27(25-16)19(28)22-12-15-8-9-18(30-2)24-23-15/h3-6,8-9,17H,1,7,10-13H2,2H3,(H,22,28)/b6-4-,14-5+. The first-order valence-corrected chi connectivity index (χ1v) is 9.97. The average Bonchev–Trinajstić information content (AvgIpc) is 3.38. The number of rotatable bonds is 8. The highest BCUT2D eigenvalue weighted by Gasteiger charge is 2.39. The van der Waals surface area contributed by atoms with Gasteiger partial charge in [-0.2, -0.15) is 10.2 Å². The molecule has 0 spiro atoms. The summed E-state index contributed by atoms with van der Waals surface area (Å²) < 4.78 is 10.0. The molecular weight excluding hydrogens is 424 g/mol. The summed E-state index contributed by atoms with van der Waals surface area (Å²) in [7, 11) is 1.50. The van der Waals surface area contributed by atoms with Crippen LogP contribution in [0.1, 0.15) is 12.1 Å². The van der Waals surface area contributed by atoms with E-state index in [1.165, 1.54) is 12.1 Å². The number of aromatic nitrogens is 2. The van der Waals surface area contributed by atoms with E-state index in [4.69, 9.17) is 21.1 Å². The van der Waals surface area contributed by atoms with Gasteiger partial charge in [0.05, 0.1) is 44.2 Å². The molecule has 10 nitrogen and oxygen atoms in total. The van der Waals surface area contributed by atoms with Crippen molar-refractivity contribution in [3.8, 4) is 5.88 Å². The Morgan fingerprint density at radius 3 is 2.94 bits per heavy atom. The van der Waals surface area contributed by atoms with E-state index >= 15 is 0 Å². The number of carbonyl (C=O) groups is 2. The number of hydrogen-bond acceptors (Lipinski definition) is 7.